The van der Waals surface area contributed by atoms with Crippen LogP contribution in [0.5, 0.6) is 0 Å². The Bertz CT molecular complexity index is 599. The molecular formula is C19H29N3O3S. The first kappa shape index (κ1) is 19.3. The fourth-order valence-electron chi connectivity index (χ4n) is 4.15. The highest BCUT2D eigenvalue weighted by molar-refractivity contribution is 7.08. The topological polar surface area (TPSA) is 64.1 Å². The van der Waals surface area contributed by atoms with Crippen molar-refractivity contribution in [2.75, 3.05) is 46.3 Å². The molecule has 0 aliphatic carbocycles. The van der Waals surface area contributed by atoms with Crippen LogP contribution in [0.3, 0.4) is 0 Å². The van der Waals surface area contributed by atoms with Crippen LogP contribution in [0.4, 0.5) is 0 Å². The molecule has 0 aromatic carbocycles. The molecule has 2 atom stereocenters. The van der Waals surface area contributed by atoms with E-state index in [0.29, 0.717) is 25.4 Å². The quantitative estimate of drug-likeness (QED) is 0.814. The number of nitrogens with zero attached hydrogens (tertiary/aromatic N) is 3. The number of aliphatic carboxylic acids is 1. The summed E-state index contributed by atoms with van der Waals surface area (Å²) in [4.78, 5) is 30.6. The second-order valence-electron chi connectivity index (χ2n) is 7.54. The number of likely N-dealkylation sites (N-methyl/N-ethyl adjacent to an activating group) is 1. The molecular weight excluding hydrogens is 350 g/mol. The minimum atomic E-state index is -0.746. The largest absolute Gasteiger partial charge is 0.481 e. The molecule has 3 rings (SSSR count). The third kappa shape index (κ3) is 5.05. The van der Waals surface area contributed by atoms with Gasteiger partial charge in [-0.1, -0.05) is 0 Å². The number of piperazine rings is 1. The molecule has 7 heteroatoms. The van der Waals surface area contributed by atoms with Gasteiger partial charge in [-0.05, 0) is 48.2 Å². The van der Waals surface area contributed by atoms with E-state index in [4.69, 9.17) is 5.11 Å². The van der Waals surface area contributed by atoms with Crippen molar-refractivity contribution in [1.29, 1.82) is 0 Å². The molecule has 2 saturated heterocycles. The molecule has 6 nitrogen and oxygen atoms in total. The lowest BCUT2D eigenvalue weighted by molar-refractivity contribution is -0.137. The predicted octanol–water partition coefficient (Wildman–Crippen LogP) is 1.62. The summed E-state index contributed by atoms with van der Waals surface area (Å²) >= 11 is 1.61. The molecule has 26 heavy (non-hydrogen) atoms. The van der Waals surface area contributed by atoms with Crippen molar-refractivity contribution in [1.82, 2.24) is 14.7 Å². The Kier molecular flexibility index (Phi) is 6.67. The lowest BCUT2D eigenvalue weighted by Gasteiger charge is -2.46. The van der Waals surface area contributed by atoms with Crippen LogP contribution in [0.1, 0.15) is 24.8 Å². The Labute approximate surface area is 159 Å². The second-order valence-corrected chi connectivity index (χ2v) is 8.32. The van der Waals surface area contributed by atoms with Crippen molar-refractivity contribution in [2.24, 2.45) is 5.92 Å². The normalized spacial score (nSPS) is 25.3. The number of carboxylic acids is 1. The van der Waals surface area contributed by atoms with Gasteiger partial charge in [-0.2, -0.15) is 11.3 Å². The van der Waals surface area contributed by atoms with Crippen LogP contribution in [0.25, 0.3) is 0 Å². The summed E-state index contributed by atoms with van der Waals surface area (Å²) in [5.41, 5.74) is 1.07. The number of hydrogen-bond donors (Lipinski definition) is 1. The Morgan fingerprint density at radius 2 is 2.00 bits per heavy atom. The average Bonchev–Trinajstić information content (AvgIpc) is 3.13. The van der Waals surface area contributed by atoms with E-state index in [-0.39, 0.29) is 18.2 Å². The highest BCUT2D eigenvalue weighted by Gasteiger charge is 2.35. The van der Waals surface area contributed by atoms with E-state index in [1.807, 2.05) is 21.7 Å². The van der Waals surface area contributed by atoms with Crippen molar-refractivity contribution in [3.8, 4) is 0 Å². The molecule has 3 heterocycles. The van der Waals surface area contributed by atoms with Gasteiger partial charge in [0.2, 0.25) is 5.91 Å². The van der Waals surface area contributed by atoms with Gasteiger partial charge in [-0.3, -0.25) is 14.5 Å². The number of thiophene rings is 1. The number of likely N-dealkylation sites (tertiary alicyclic amines) is 1. The summed E-state index contributed by atoms with van der Waals surface area (Å²) in [7, 11) is 2.14. The third-order valence-electron chi connectivity index (χ3n) is 5.72. The number of carboxylic acid groups (broad SMARTS) is 1. The zero-order valence-electron chi connectivity index (χ0n) is 15.5. The van der Waals surface area contributed by atoms with Crippen molar-refractivity contribution < 1.29 is 14.7 Å². The van der Waals surface area contributed by atoms with Gasteiger partial charge in [-0.15, -0.1) is 0 Å². The molecule has 1 aromatic heterocycles. The molecule has 0 saturated carbocycles. The van der Waals surface area contributed by atoms with Gasteiger partial charge in [0.25, 0.3) is 0 Å². The Balaban J connectivity index is 1.62. The summed E-state index contributed by atoms with van der Waals surface area (Å²) in [6.07, 6.45) is 2.23. The van der Waals surface area contributed by atoms with Gasteiger partial charge < -0.3 is 14.9 Å². The monoisotopic (exact) mass is 379 g/mol. The summed E-state index contributed by atoms with van der Waals surface area (Å²) in [5.74, 6) is -0.334. The van der Waals surface area contributed by atoms with Crippen molar-refractivity contribution in [2.45, 2.75) is 31.7 Å². The van der Waals surface area contributed by atoms with E-state index in [0.717, 1.165) is 44.7 Å². The standard InChI is InChI=1S/C19H29N3O3S/c1-20-7-9-21(10-8-20)17-4-6-22(13-16(17)2-3-19(24)25)18(23)12-15-5-11-26-14-15/h5,11,14,16-17H,2-4,6-10,12-13H2,1H3,(H,24,25)/t16-,17+/m1/s1. The average molecular weight is 380 g/mol. The van der Waals surface area contributed by atoms with Crippen LogP contribution in [0.2, 0.25) is 0 Å². The fraction of sp³-hybridized carbons (Fsp3) is 0.684. The SMILES string of the molecule is CN1CCN([C@H]2CCN(C(=O)Cc3ccsc3)C[C@H]2CCC(=O)O)CC1. The summed E-state index contributed by atoms with van der Waals surface area (Å²) < 4.78 is 0. The highest BCUT2D eigenvalue weighted by atomic mass is 32.1. The molecule has 0 bridgehead atoms. The van der Waals surface area contributed by atoms with Crippen LogP contribution in [0.15, 0.2) is 16.8 Å². The molecule has 0 unspecified atom stereocenters. The first-order chi connectivity index (χ1) is 12.5. The van der Waals surface area contributed by atoms with Crippen molar-refractivity contribution in [3.05, 3.63) is 22.4 Å². The van der Waals surface area contributed by atoms with Crippen LogP contribution in [-0.2, 0) is 16.0 Å². The van der Waals surface area contributed by atoms with E-state index < -0.39 is 5.97 Å². The van der Waals surface area contributed by atoms with Gasteiger partial charge >= 0.3 is 5.97 Å². The van der Waals surface area contributed by atoms with Crippen molar-refractivity contribution >= 4 is 23.2 Å². The maximum Gasteiger partial charge on any atom is 0.303 e. The van der Waals surface area contributed by atoms with Crippen LogP contribution in [0, 0.1) is 5.92 Å². The molecule has 1 aromatic rings. The number of amides is 1. The number of carbonyl (C=O) groups is 2. The summed E-state index contributed by atoms with van der Waals surface area (Å²) in [6, 6.07) is 2.40. The smallest absolute Gasteiger partial charge is 0.303 e. The van der Waals surface area contributed by atoms with E-state index in [1.54, 1.807) is 11.3 Å². The molecule has 1 N–H and O–H groups in total. The number of carbonyl (C=O) groups excluding carboxylic acids is 1. The molecule has 0 spiro atoms. The number of hydrogen-bond acceptors (Lipinski definition) is 5. The van der Waals surface area contributed by atoms with E-state index >= 15 is 0 Å². The van der Waals surface area contributed by atoms with Gasteiger partial charge in [0, 0.05) is 51.7 Å². The molecule has 2 aliphatic heterocycles. The Hall–Kier alpha value is -1.44. The van der Waals surface area contributed by atoms with Crippen LogP contribution in [-0.4, -0.2) is 84.0 Å². The summed E-state index contributed by atoms with van der Waals surface area (Å²) in [5, 5.41) is 13.1. The second kappa shape index (κ2) is 8.97. The maximum atomic E-state index is 12.7. The van der Waals surface area contributed by atoms with Gasteiger partial charge in [-0.25, -0.2) is 0 Å². The zero-order valence-corrected chi connectivity index (χ0v) is 16.3. The fourth-order valence-corrected chi connectivity index (χ4v) is 4.82. The van der Waals surface area contributed by atoms with E-state index in [9.17, 15) is 9.59 Å². The molecule has 0 radical (unpaired) electrons. The van der Waals surface area contributed by atoms with Gasteiger partial charge in [0.05, 0.1) is 6.42 Å². The lowest BCUT2D eigenvalue weighted by atomic mass is 9.86. The minimum absolute atomic E-state index is 0.167. The maximum absolute atomic E-state index is 12.7. The third-order valence-corrected chi connectivity index (χ3v) is 6.45. The highest BCUT2D eigenvalue weighted by Crippen LogP contribution is 2.27. The molecule has 2 aliphatic rings. The number of piperidine rings is 1. The van der Waals surface area contributed by atoms with Gasteiger partial charge in [0.15, 0.2) is 0 Å². The lowest BCUT2D eigenvalue weighted by Crippen LogP contribution is -2.57. The summed E-state index contributed by atoms with van der Waals surface area (Å²) in [6.45, 7) is 5.66. The molecule has 144 valence electrons. The Morgan fingerprint density at radius 1 is 1.23 bits per heavy atom. The van der Waals surface area contributed by atoms with Crippen LogP contribution >= 0.6 is 11.3 Å². The minimum Gasteiger partial charge on any atom is -0.481 e. The molecule has 1 amide bonds. The number of rotatable bonds is 6. The van der Waals surface area contributed by atoms with E-state index in [1.165, 1.54) is 0 Å². The van der Waals surface area contributed by atoms with Crippen molar-refractivity contribution in [3.63, 3.8) is 0 Å². The van der Waals surface area contributed by atoms with Gasteiger partial charge in [0.1, 0.15) is 0 Å². The first-order valence-electron chi connectivity index (χ1n) is 9.46. The Morgan fingerprint density at radius 3 is 2.65 bits per heavy atom. The molecule has 2 fully saturated rings. The predicted molar refractivity (Wildman–Crippen MR) is 102 cm³/mol. The van der Waals surface area contributed by atoms with E-state index in [2.05, 4.69) is 16.8 Å². The van der Waals surface area contributed by atoms with Crippen LogP contribution < -0.4 is 0 Å². The first-order valence-corrected chi connectivity index (χ1v) is 10.4. The zero-order chi connectivity index (χ0) is 18.5.